The molecule has 1 amide bonds. The number of amides is 1. The van der Waals surface area contributed by atoms with Gasteiger partial charge in [-0.3, -0.25) is 0 Å². The zero-order valence-electron chi connectivity index (χ0n) is 17.4. The lowest BCUT2D eigenvalue weighted by Gasteiger charge is -2.25. The Hall–Kier alpha value is -3.04. The third kappa shape index (κ3) is 5.31. The van der Waals surface area contributed by atoms with E-state index in [1.165, 1.54) is 31.3 Å². The van der Waals surface area contributed by atoms with E-state index in [4.69, 9.17) is 4.74 Å². The summed E-state index contributed by atoms with van der Waals surface area (Å²) in [6.45, 7) is 6.26. The highest BCUT2D eigenvalue weighted by Crippen LogP contribution is 2.34. The van der Waals surface area contributed by atoms with E-state index in [9.17, 15) is 27.9 Å². The summed E-state index contributed by atoms with van der Waals surface area (Å²) in [5.41, 5.74) is -1.77. The first-order chi connectivity index (χ1) is 13.7. The molecule has 2 rings (SSSR count). The highest BCUT2D eigenvalue weighted by atomic mass is 19.4. The van der Waals surface area contributed by atoms with Crippen molar-refractivity contribution >= 4 is 12.1 Å². The molecule has 1 aromatic carbocycles. The number of nitrogens with zero attached hydrogens (tertiary/aromatic N) is 3. The van der Waals surface area contributed by atoms with Crippen molar-refractivity contribution in [1.29, 1.82) is 0 Å². The van der Waals surface area contributed by atoms with Crippen LogP contribution >= 0.6 is 0 Å². The second kappa shape index (κ2) is 8.37. The maximum Gasteiger partial charge on any atom is 0.435 e. The van der Waals surface area contributed by atoms with E-state index >= 15 is 0 Å². The molecule has 2 aromatic rings. The number of halogens is 3. The lowest BCUT2D eigenvalue weighted by Crippen LogP contribution is -2.34. The minimum absolute atomic E-state index is 0.0777. The van der Waals surface area contributed by atoms with E-state index < -0.39 is 29.5 Å². The predicted molar refractivity (Wildman–Crippen MR) is 103 cm³/mol. The number of hydrogen-bond donors (Lipinski definition) is 1. The SMILES string of the molecule is CCc1c(CN(C)C(=O)OC(C)(C)C)c(C(F)(F)F)nn1-c1cccc(C(=O)O)c1. The molecule has 0 atom stereocenters. The first-order valence-electron chi connectivity index (χ1n) is 9.20. The molecule has 1 heterocycles. The number of aromatic nitrogens is 2. The van der Waals surface area contributed by atoms with E-state index in [2.05, 4.69) is 5.10 Å². The Labute approximate surface area is 172 Å². The van der Waals surface area contributed by atoms with Gasteiger partial charge < -0.3 is 14.7 Å². The van der Waals surface area contributed by atoms with Crippen molar-refractivity contribution in [2.24, 2.45) is 0 Å². The van der Waals surface area contributed by atoms with Crippen molar-refractivity contribution in [1.82, 2.24) is 14.7 Å². The van der Waals surface area contributed by atoms with Crippen molar-refractivity contribution in [2.45, 2.75) is 52.4 Å². The fourth-order valence-electron chi connectivity index (χ4n) is 2.87. The Balaban J connectivity index is 2.56. The van der Waals surface area contributed by atoms with Gasteiger partial charge in [-0.2, -0.15) is 18.3 Å². The molecular weight excluding hydrogens is 403 g/mol. The maximum absolute atomic E-state index is 13.7. The van der Waals surface area contributed by atoms with Crippen molar-refractivity contribution < 1.29 is 32.6 Å². The predicted octanol–water partition coefficient (Wildman–Crippen LogP) is 4.52. The molecule has 0 aliphatic carbocycles. The summed E-state index contributed by atoms with van der Waals surface area (Å²) in [5, 5.41) is 12.9. The van der Waals surface area contributed by atoms with Gasteiger partial charge in [0.05, 0.1) is 17.8 Å². The summed E-state index contributed by atoms with van der Waals surface area (Å²) in [5.74, 6) is -1.21. The molecule has 30 heavy (non-hydrogen) atoms. The van der Waals surface area contributed by atoms with E-state index in [-0.39, 0.29) is 35.5 Å². The number of carbonyl (C=O) groups is 2. The number of rotatable bonds is 5. The lowest BCUT2D eigenvalue weighted by atomic mass is 10.1. The van der Waals surface area contributed by atoms with Gasteiger partial charge in [-0.05, 0) is 45.4 Å². The third-order valence-electron chi connectivity index (χ3n) is 4.13. The molecular formula is C20H24F3N3O4. The molecule has 0 spiro atoms. The molecule has 0 aliphatic rings. The molecule has 7 nitrogen and oxygen atoms in total. The number of benzene rings is 1. The average molecular weight is 427 g/mol. The summed E-state index contributed by atoms with van der Waals surface area (Å²) in [7, 11) is 1.34. The van der Waals surface area contributed by atoms with Crippen LogP contribution in [-0.2, 0) is 23.9 Å². The zero-order valence-corrected chi connectivity index (χ0v) is 17.4. The minimum Gasteiger partial charge on any atom is -0.478 e. The van der Waals surface area contributed by atoms with Crippen molar-refractivity contribution in [3.8, 4) is 5.69 Å². The van der Waals surface area contributed by atoms with Crippen LogP contribution < -0.4 is 0 Å². The molecule has 0 unspecified atom stereocenters. The largest absolute Gasteiger partial charge is 0.478 e. The van der Waals surface area contributed by atoms with Crippen LogP contribution in [0, 0.1) is 0 Å². The van der Waals surface area contributed by atoms with Gasteiger partial charge >= 0.3 is 18.2 Å². The monoisotopic (exact) mass is 427 g/mol. The molecule has 0 radical (unpaired) electrons. The summed E-state index contributed by atoms with van der Waals surface area (Å²) in [4.78, 5) is 24.5. The van der Waals surface area contributed by atoms with Gasteiger partial charge in [0.1, 0.15) is 5.60 Å². The van der Waals surface area contributed by atoms with E-state index in [1.54, 1.807) is 27.7 Å². The second-order valence-electron chi connectivity index (χ2n) is 7.73. The van der Waals surface area contributed by atoms with Crippen molar-refractivity contribution in [3.63, 3.8) is 0 Å². The highest BCUT2D eigenvalue weighted by Gasteiger charge is 2.40. The molecule has 10 heteroatoms. The standard InChI is InChI=1S/C20H24F3N3O4/c1-6-15-14(11-25(5)18(29)30-19(2,3)4)16(20(21,22)23)24-26(15)13-9-7-8-12(10-13)17(27)28/h7-10H,6,11H2,1-5H3,(H,27,28). The van der Waals surface area contributed by atoms with Gasteiger partial charge in [0.2, 0.25) is 0 Å². The van der Waals surface area contributed by atoms with E-state index in [0.29, 0.717) is 0 Å². The number of aromatic carboxylic acids is 1. The zero-order chi connectivity index (χ0) is 22.9. The van der Waals surface area contributed by atoms with Crippen molar-refractivity contribution in [3.05, 3.63) is 46.8 Å². The van der Waals surface area contributed by atoms with Gasteiger partial charge in [0, 0.05) is 18.3 Å². The normalized spacial score (nSPS) is 12.0. The van der Waals surface area contributed by atoms with Crippen LogP contribution in [0.5, 0.6) is 0 Å². The first kappa shape index (κ1) is 23.2. The lowest BCUT2D eigenvalue weighted by molar-refractivity contribution is -0.142. The molecule has 0 bridgehead atoms. The summed E-state index contributed by atoms with van der Waals surface area (Å²) in [6.07, 6.45) is -5.35. The smallest absolute Gasteiger partial charge is 0.435 e. The Bertz CT molecular complexity index is 946. The molecule has 0 saturated heterocycles. The van der Waals surface area contributed by atoms with Gasteiger partial charge in [-0.15, -0.1) is 0 Å². The Morgan fingerprint density at radius 2 is 1.87 bits per heavy atom. The van der Waals surface area contributed by atoms with E-state index in [1.807, 2.05) is 0 Å². The third-order valence-corrected chi connectivity index (χ3v) is 4.13. The number of carboxylic acids is 1. The molecule has 0 aliphatic heterocycles. The van der Waals surface area contributed by atoms with E-state index in [0.717, 1.165) is 9.58 Å². The number of carboxylic acid groups (broad SMARTS) is 1. The van der Waals surface area contributed by atoms with Gasteiger partial charge in [0.25, 0.3) is 0 Å². The van der Waals surface area contributed by atoms with Gasteiger partial charge in [-0.1, -0.05) is 13.0 Å². The Morgan fingerprint density at radius 3 is 2.37 bits per heavy atom. The van der Waals surface area contributed by atoms with Crippen molar-refractivity contribution in [2.75, 3.05) is 7.05 Å². The Morgan fingerprint density at radius 1 is 1.23 bits per heavy atom. The van der Waals surface area contributed by atoms with Crippen LogP contribution in [0.25, 0.3) is 5.69 Å². The minimum atomic E-state index is -4.76. The number of ether oxygens (including phenoxy) is 1. The van der Waals surface area contributed by atoms with Gasteiger partial charge in [-0.25, -0.2) is 14.3 Å². The first-order valence-corrected chi connectivity index (χ1v) is 9.20. The number of hydrogen-bond acceptors (Lipinski definition) is 4. The molecule has 164 valence electrons. The van der Waals surface area contributed by atoms with Crippen LogP contribution in [-0.4, -0.2) is 44.5 Å². The second-order valence-corrected chi connectivity index (χ2v) is 7.73. The fourth-order valence-corrected chi connectivity index (χ4v) is 2.87. The number of alkyl halides is 3. The van der Waals surface area contributed by atoms with Crippen LogP contribution in [0.2, 0.25) is 0 Å². The van der Waals surface area contributed by atoms with Gasteiger partial charge in [0.15, 0.2) is 5.69 Å². The quantitative estimate of drug-likeness (QED) is 0.759. The number of carbonyl (C=O) groups excluding carboxylic acids is 1. The average Bonchev–Trinajstić information content (AvgIpc) is 2.98. The summed E-state index contributed by atoms with van der Waals surface area (Å²) < 4.78 is 47.5. The Kier molecular flexibility index (Phi) is 6.48. The molecule has 1 aromatic heterocycles. The van der Waals surface area contributed by atoms with Crippen LogP contribution in [0.3, 0.4) is 0 Å². The fraction of sp³-hybridized carbons (Fsp3) is 0.450. The van der Waals surface area contributed by atoms with Crippen LogP contribution in [0.15, 0.2) is 24.3 Å². The molecule has 0 fully saturated rings. The summed E-state index contributed by atoms with van der Waals surface area (Å²) in [6, 6.07) is 5.48. The van der Waals surface area contributed by atoms with Crippen LogP contribution in [0.1, 0.15) is 55.0 Å². The molecule has 1 N–H and O–H groups in total. The summed E-state index contributed by atoms with van der Waals surface area (Å²) >= 11 is 0. The maximum atomic E-state index is 13.7. The topological polar surface area (TPSA) is 84.7 Å². The molecule has 0 saturated carbocycles. The van der Waals surface area contributed by atoms with Crippen LogP contribution in [0.4, 0.5) is 18.0 Å². The highest BCUT2D eigenvalue weighted by molar-refractivity contribution is 5.88.